The molecule has 0 spiro atoms. The highest BCUT2D eigenvalue weighted by atomic mass is 32.2. The Labute approximate surface area is 168 Å². The second-order valence-electron chi connectivity index (χ2n) is 6.20. The van der Waals surface area contributed by atoms with Crippen LogP contribution in [-0.4, -0.2) is 54.9 Å². The van der Waals surface area contributed by atoms with Crippen molar-refractivity contribution in [2.45, 2.75) is 4.90 Å². The van der Waals surface area contributed by atoms with Gasteiger partial charge in [-0.3, -0.25) is 4.79 Å². The molecule has 2 aromatic rings. The number of rotatable bonds is 7. The number of nitrogens with one attached hydrogen (secondary N) is 1. The van der Waals surface area contributed by atoms with E-state index in [0.29, 0.717) is 5.69 Å². The average molecular weight is 398 g/mol. The normalized spacial score (nSPS) is 13.8. The van der Waals surface area contributed by atoms with Crippen LogP contribution in [0.5, 0.6) is 0 Å². The van der Waals surface area contributed by atoms with E-state index < -0.39 is 5.97 Å². The number of benzene rings is 2. The molecule has 1 amide bonds. The van der Waals surface area contributed by atoms with Crippen LogP contribution in [0.15, 0.2) is 64.7 Å². The molecule has 6 nitrogen and oxygen atoms in total. The number of β-amino-alcohol motifs (C(OH)–C–C–N with tert-alkyl or cyclic N) is 1. The Morgan fingerprint density at radius 1 is 1.21 bits per heavy atom. The first-order chi connectivity index (χ1) is 13.6. The minimum absolute atomic E-state index is 0.119. The van der Waals surface area contributed by atoms with Crippen molar-refractivity contribution in [3.8, 4) is 11.1 Å². The number of ether oxygens (including phenoxy) is 1. The highest BCUT2D eigenvalue weighted by Gasteiger charge is 2.34. The van der Waals surface area contributed by atoms with Crippen LogP contribution >= 0.6 is 11.8 Å². The highest BCUT2D eigenvalue weighted by molar-refractivity contribution is 7.98. The lowest BCUT2D eigenvalue weighted by molar-refractivity contribution is -0.136. The van der Waals surface area contributed by atoms with Gasteiger partial charge in [-0.1, -0.05) is 30.3 Å². The number of esters is 1. The largest absolute Gasteiger partial charge is 0.466 e. The molecule has 0 radical (unpaired) electrons. The summed E-state index contributed by atoms with van der Waals surface area (Å²) < 4.78 is 4.80. The number of carbonyl (C=O) groups excluding carboxylic acids is 2. The number of nitrogens with zero attached hydrogens (tertiary/aromatic N) is 1. The van der Waals surface area contributed by atoms with Crippen molar-refractivity contribution in [3.63, 3.8) is 0 Å². The van der Waals surface area contributed by atoms with Gasteiger partial charge in [0.25, 0.3) is 5.91 Å². The third-order valence-electron chi connectivity index (χ3n) is 4.53. The summed E-state index contributed by atoms with van der Waals surface area (Å²) >= 11 is 1.69. The maximum absolute atomic E-state index is 12.6. The average Bonchev–Trinajstić information content (AvgIpc) is 3.04. The Morgan fingerprint density at radius 3 is 2.57 bits per heavy atom. The van der Waals surface area contributed by atoms with Gasteiger partial charge >= 0.3 is 5.97 Å². The van der Waals surface area contributed by atoms with E-state index in [1.807, 2.05) is 42.7 Å². The van der Waals surface area contributed by atoms with Crippen LogP contribution in [0.25, 0.3) is 11.1 Å². The molecule has 146 valence electrons. The molecule has 2 N–H and O–H groups in total. The van der Waals surface area contributed by atoms with E-state index in [1.165, 1.54) is 16.9 Å². The van der Waals surface area contributed by atoms with Crippen LogP contribution in [0.2, 0.25) is 0 Å². The van der Waals surface area contributed by atoms with E-state index in [1.54, 1.807) is 11.8 Å². The molecule has 1 heterocycles. The van der Waals surface area contributed by atoms with Gasteiger partial charge in [0.2, 0.25) is 0 Å². The Kier molecular flexibility index (Phi) is 6.38. The van der Waals surface area contributed by atoms with Gasteiger partial charge < -0.3 is 20.1 Å². The number of carbonyl (C=O) groups is 2. The molecule has 0 bridgehead atoms. The summed E-state index contributed by atoms with van der Waals surface area (Å²) in [6.45, 7) is 0.111. The predicted octanol–water partition coefficient (Wildman–Crippen LogP) is 2.75. The zero-order chi connectivity index (χ0) is 20.1. The molecule has 1 aliphatic rings. The van der Waals surface area contributed by atoms with E-state index in [2.05, 4.69) is 17.4 Å². The first-order valence-electron chi connectivity index (χ1n) is 8.81. The van der Waals surface area contributed by atoms with Crippen molar-refractivity contribution in [3.05, 3.63) is 59.8 Å². The van der Waals surface area contributed by atoms with Gasteiger partial charge in [0.05, 0.1) is 25.8 Å². The van der Waals surface area contributed by atoms with Gasteiger partial charge in [-0.15, -0.1) is 11.8 Å². The highest BCUT2D eigenvalue weighted by Crippen LogP contribution is 2.31. The van der Waals surface area contributed by atoms with Crippen LogP contribution in [0.3, 0.4) is 0 Å². The van der Waals surface area contributed by atoms with E-state index >= 15 is 0 Å². The molecule has 7 heteroatoms. The lowest BCUT2D eigenvalue weighted by atomic mass is 10.1. The Balaban J connectivity index is 1.86. The van der Waals surface area contributed by atoms with E-state index in [0.717, 1.165) is 11.1 Å². The van der Waals surface area contributed by atoms with Crippen molar-refractivity contribution >= 4 is 29.3 Å². The molecule has 2 aromatic carbocycles. The first-order valence-corrected chi connectivity index (χ1v) is 10.0. The smallest absolute Gasteiger partial charge is 0.337 e. The fraction of sp³-hybridized carbons (Fsp3) is 0.238. The number of hydrogen-bond acceptors (Lipinski definition) is 6. The SMILES string of the molecule is COC(=O)C1=C(Nc2ccc(-c3ccccc3SC)cc2)C(=O)N(CCO)C1. The second kappa shape index (κ2) is 8.95. The Hall–Kier alpha value is -2.77. The fourth-order valence-electron chi connectivity index (χ4n) is 3.11. The summed E-state index contributed by atoms with van der Waals surface area (Å²) in [7, 11) is 1.28. The molecule has 0 fully saturated rings. The van der Waals surface area contributed by atoms with Gasteiger partial charge in [0.1, 0.15) is 5.70 Å². The number of aliphatic hydroxyl groups is 1. The first kappa shape index (κ1) is 20.0. The van der Waals surface area contributed by atoms with E-state index in [9.17, 15) is 9.59 Å². The van der Waals surface area contributed by atoms with Crippen molar-refractivity contribution in [2.75, 3.05) is 38.4 Å². The summed E-state index contributed by atoms with van der Waals surface area (Å²) in [6, 6.07) is 15.8. The monoisotopic (exact) mass is 398 g/mol. The maximum Gasteiger partial charge on any atom is 0.337 e. The lowest BCUT2D eigenvalue weighted by Crippen LogP contribution is -2.31. The quantitative estimate of drug-likeness (QED) is 0.552. The van der Waals surface area contributed by atoms with Gasteiger partial charge in [-0.05, 0) is 35.6 Å². The van der Waals surface area contributed by atoms with Crippen molar-refractivity contribution in [1.29, 1.82) is 0 Å². The third kappa shape index (κ3) is 4.05. The summed E-state index contributed by atoms with van der Waals surface area (Å²) in [5.41, 5.74) is 3.36. The van der Waals surface area contributed by atoms with Crippen molar-refractivity contribution in [2.24, 2.45) is 0 Å². The molecule has 0 saturated heterocycles. The predicted molar refractivity (Wildman–Crippen MR) is 110 cm³/mol. The Morgan fingerprint density at radius 2 is 1.93 bits per heavy atom. The third-order valence-corrected chi connectivity index (χ3v) is 5.32. The van der Waals surface area contributed by atoms with Crippen LogP contribution < -0.4 is 5.32 Å². The lowest BCUT2D eigenvalue weighted by Gasteiger charge is -2.15. The number of anilines is 1. The topological polar surface area (TPSA) is 78.9 Å². The van der Waals surface area contributed by atoms with E-state index in [-0.39, 0.29) is 36.9 Å². The van der Waals surface area contributed by atoms with Gasteiger partial charge in [0.15, 0.2) is 0 Å². The fourth-order valence-corrected chi connectivity index (χ4v) is 3.73. The molecule has 0 aromatic heterocycles. The summed E-state index contributed by atoms with van der Waals surface area (Å²) in [6.07, 6.45) is 2.04. The van der Waals surface area contributed by atoms with Crippen LogP contribution in [0.1, 0.15) is 0 Å². The zero-order valence-corrected chi connectivity index (χ0v) is 16.6. The molecule has 0 atom stereocenters. The molecule has 3 rings (SSSR count). The number of thioether (sulfide) groups is 1. The molecule has 0 unspecified atom stereocenters. The summed E-state index contributed by atoms with van der Waals surface area (Å²) in [5, 5.41) is 12.2. The van der Waals surface area contributed by atoms with Crippen molar-refractivity contribution in [1.82, 2.24) is 4.90 Å². The molecule has 1 aliphatic heterocycles. The maximum atomic E-state index is 12.6. The number of hydrogen-bond donors (Lipinski definition) is 2. The second-order valence-corrected chi connectivity index (χ2v) is 7.05. The van der Waals surface area contributed by atoms with Gasteiger partial charge in [-0.2, -0.15) is 0 Å². The molecule has 0 aliphatic carbocycles. The molecule has 28 heavy (non-hydrogen) atoms. The Bertz CT molecular complexity index is 909. The van der Waals surface area contributed by atoms with Crippen LogP contribution in [0, 0.1) is 0 Å². The molecular weight excluding hydrogens is 376 g/mol. The zero-order valence-electron chi connectivity index (χ0n) is 15.8. The van der Waals surface area contributed by atoms with Crippen LogP contribution in [0.4, 0.5) is 5.69 Å². The minimum Gasteiger partial charge on any atom is -0.466 e. The summed E-state index contributed by atoms with van der Waals surface area (Å²) in [5.74, 6) is -0.881. The van der Waals surface area contributed by atoms with E-state index in [4.69, 9.17) is 9.84 Å². The number of aliphatic hydroxyl groups excluding tert-OH is 1. The number of amides is 1. The van der Waals surface area contributed by atoms with Crippen LogP contribution in [-0.2, 0) is 14.3 Å². The molecule has 0 saturated carbocycles. The number of methoxy groups -OCH3 is 1. The standard InChI is InChI=1S/C21H22N2O4S/c1-27-21(26)17-13-23(11-12-24)20(25)19(17)22-15-9-7-14(8-10-15)16-5-3-4-6-18(16)28-2/h3-10,22,24H,11-13H2,1-2H3. The minimum atomic E-state index is -0.554. The van der Waals surface area contributed by atoms with Gasteiger partial charge in [-0.25, -0.2) is 4.79 Å². The van der Waals surface area contributed by atoms with Crippen molar-refractivity contribution < 1.29 is 19.4 Å². The molecular formula is C21H22N2O4S. The van der Waals surface area contributed by atoms with Gasteiger partial charge in [0, 0.05) is 17.1 Å². The summed E-state index contributed by atoms with van der Waals surface area (Å²) in [4.78, 5) is 27.2.